The summed E-state index contributed by atoms with van der Waals surface area (Å²) in [6, 6.07) is 9.52. The van der Waals surface area contributed by atoms with Crippen LogP contribution in [0.25, 0.3) is 6.08 Å². The average Bonchev–Trinajstić information content (AvgIpc) is 3.17. The number of fused-ring (bicyclic) bond motifs is 1. The van der Waals surface area contributed by atoms with Gasteiger partial charge in [0.05, 0.1) is 5.56 Å². The number of hydrogen-bond donors (Lipinski definition) is 0. The Kier molecular flexibility index (Phi) is 18.0. The van der Waals surface area contributed by atoms with Crippen molar-refractivity contribution < 1.29 is 70.0 Å². The Hall–Kier alpha value is -4.31. The zero-order chi connectivity index (χ0) is 55.1. The number of carbonyl (C=O) groups excluding carboxylic acids is 4. The van der Waals surface area contributed by atoms with Crippen molar-refractivity contribution >= 4 is 63.2 Å². The summed E-state index contributed by atoms with van der Waals surface area (Å²) in [5.41, 5.74) is 1.16. The van der Waals surface area contributed by atoms with Gasteiger partial charge in [0.2, 0.25) is 20.7 Å². The smallest absolute Gasteiger partial charge is 0.303 e. The van der Waals surface area contributed by atoms with E-state index >= 15 is 0 Å². The lowest BCUT2D eigenvalue weighted by Gasteiger charge is -2.45. The first-order valence-electron chi connectivity index (χ1n) is 24.9. The second kappa shape index (κ2) is 21.5. The van der Waals surface area contributed by atoms with Crippen LogP contribution in [0, 0.1) is 0 Å². The molecule has 6 atom stereocenters. The standard InChI is InChI=1S/C53H86O15Si4/c1-32(54)58-31-44-46(59-33(2)55)47(60-34(3)56)48(61-35(4)57)49(64-44)63-43-30-38-40(28-37(65-69(17,18)50(5,6)7)29-41(38)67-71(21,22)52(11,12)13)62-45(43)36-25-26-39(66-70(19,20)51(8,9)10)42(27-36)68-72(23,24)53(14,15)16/h25-30,44-49H,31H2,1-24H3/t44-,45-,46-,47?,48?,49-/m1/s1. The van der Waals surface area contributed by atoms with E-state index in [1.807, 2.05) is 36.4 Å². The highest BCUT2D eigenvalue weighted by molar-refractivity contribution is 6.76. The monoisotopic (exact) mass is 1070 g/mol. The van der Waals surface area contributed by atoms with Gasteiger partial charge in [-0.15, -0.1) is 0 Å². The highest BCUT2D eigenvalue weighted by Crippen LogP contribution is 2.51. The predicted octanol–water partition coefficient (Wildman–Crippen LogP) is 12.8. The molecule has 404 valence electrons. The predicted molar refractivity (Wildman–Crippen MR) is 289 cm³/mol. The van der Waals surface area contributed by atoms with Crippen LogP contribution in [-0.2, 0) is 47.6 Å². The van der Waals surface area contributed by atoms with Gasteiger partial charge >= 0.3 is 23.9 Å². The summed E-state index contributed by atoms with van der Waals surface area (Å²) >= 11 is 0. The van der Waals surface area contributed by atoms with E-state index in [0.717, 1.165) is 0 Å². The Bertz CT molecular complexity index is 2350. The molecule has 15 nitrogen and oxygen atoms in total. The molecule has 0 amide bonds. The third kappa shape index (κ3) is 14.5. The van der Waals surface area contributed by atoms with Crippen molar-refractivity contribution in [3.05, 3.63) is 47.2 Å². The molecule has 2 aromatic carbocycles. The van der Waals surface area contributed by atoms with E-state index < -0.39 is 101 Å². The maximum atomic E-state index is 13.0. The molecule has 2 aromatic rings. The van der Waals surface area contributed by atoms with Gasteiger partial charge in [-0.2, -0.15) is 0 Å². The molecule has 0 aliphatic carbocycles. The highest BCUT2D eigenvalue weighted by Gasteiger charge is 2.54. The fourth-order valence-electron chi connectivity index (χ4n) is 6.69. The highest BCUT2D eigenvalue weighted by atomic mass is 28.4. The maximum absolute atomic E-state index is 13.0. The van der Waals surface area contributed by atoms with Crippen LogP contribution in [-0.4, -0.2) is 94.5 Å². The van der Waals surface area contributed by atoms with Gasteiger partial charge in [-0.1, -0.05) is 89.2 Å². The number of carbonyl (C=O) groups is 4. The van der Waals surface area contributed by atoms with Crippen LogP contribution in [0.3, 0.4) is 0 Å². The number of hydrogen-bond acceptors (Lipinski definition) is 15. The van der Waals surface area contributed by atoms with Crippen molar-refractivity contribution in [3.8, 4) is 28.7 Å². The fraction of sp³-hybridized carbons (Fsp3) is 0.660. The molecular formula is C53H86O15Si4. The maximum Gasteiger partial charge on any atom is 0.303 e. The molecule has 0 saturated carbocycles. The molecule has 1 saturated heterocycles. The Balaban J connectivity index is 2.13. The van der Waals surface area contributed by atoms with Gasteiger partial charge in [0.1, 0.15) is 47.2 Å². The van der Waals surface area contributed by atoms with Gasteiger partial charge in [-0.05, 0) is 90.7 Å². The molecule has 72 heavy (non-hydrogen) atoms. The first-order chi connectivity index (χ1) is 32.5. The topological polar surface area (TPSA) is 170 Å². The summed E-state index contributed by atoms with van der Waals surface area (Å²) in [5.74, 6) is -0.0669. The van der Waals surface area contributed by atoms with Crippen molar-refractivity contribution in [2.75, 3.05) is 6.61 Å². The molecule has 19 heteroatoms. The van der Waals surface area contributed by atoms with E-state index in [1.54, 1.807) is 0 Å². The first-order valence-corrected chi connectivity index (χ1v) is 36.5. The lowest BCUT2D eigenvalue weighted by molar-refractivity contribution is -0.301. The van der Waals surface area contributed by atoms with Gasteiger partial charge in [-0.3, -0.25) is 19.2 Å². The first kappa shape index (κ1) is 60.2. The molecule has 2 heterocycles. The minimum absolute atomic E-state index is 0.127. The van der Waals surface area contributed by atoms with Crippen molar-refractivity contribution in [3.63, 3.8) is 0 Å². The molecule has 2 aliphatic heterocycles. The fourth-order valence-corrected chi connectivity index (χ4v) is 10.8. The average molecular weight is 1080 g/mol. The summed E-state index contributed by atoms with van der Waals surface area (Å²) in [6.45, 7) is 47.8. The van der Waals surface area contributed by atoms with Crippen LogP contribution in [0.2, 0.25) is 72.5 Å². The summed E-state index contributed by atoms with van der Waals surface area (Å²) in [7, 11) is -9.91. The number of ether oxygens (including phenoxy) is 7. The third-order valence-corrected chi connectivity index (χ3v) is 32.4. The van der Waals surface area contributed by atoms with Crippen LogP contribution in [0.4, 0.5) is 0 Å². The normalized spacial score (nSPS) is 21.2. The molecule has 4 rings (SSSR count). The zero-order valence-electron chi connectivity index (χ0n) is 47.8. The summed E-state index contributed by atoms with van der Waals surface area (Å²) in [5, 5.41) is -0.645. The number of benzene rings is 2. The van der Waals surface area contributed by atoms with E-state index in [4.69, 9.17) is 50.9 Å². The van der Waals surface area contributed by atoms with E-state index in [9.17, 15) is 19.2 Å². The quantitative estimate of drug-likeness (QED) is 0.0883. The second-order valence-corrected chi connectivity index (χ2v) is 44.1. The van der Waals surface area contributed by atoms with E-state index in [0.29, 0.717) is 39.9 Å². The van der Waals surface area contributed by atoms with E-state index in [-0.39, 0.29) is 25.9 Å². The van der Waals surface area contributed by atoms with Gasteiger partial charge in [0, 0.05) is 45.4 Å². The Morgan fingerprint density at radius 2 is 0.972 bits per heavy atom. The third-order valence-electron chi connectivity index (χ3n) is 15.0. The van der Waals surface area contributed by atoms with Gasteiger partial charge < -0.3 is 50.9 Å². The van der Waals surface area contributed by atoms with E-state index in [2.05, 4.69) is 135 Å². The Labute approximate surface area is 434 Å². The van der Waals surface area contributed by atoms with Crippen LogP contribution in [0.1, 0.15) is 128 Å². The molecule has 2 aliphatic rings. The molecule has 0 aromatic heterocycles. The van der Waals surface area contributed by atoms with E-state index in [1.165, 1.54) is 27.7 Å². The second-order valence-electron chi connectivity index (χ2n) is 25.2. The largest absolute Gasteiger partial charge is 0.543 e. The molecular weight excluding hydrogens is 989 g/mol. The molecule has 0 spiro atoms. The molecule has 0 radical (unpaired) electrons. The van der Waals surface area contributed by atoms with Crippen molar-refractivity contribution in [2.45, 2.75) is 220 Å². The molecule has 0 bridgehead atoms. The Morgan fingerprint density at radius 1 is 0.528 bits per heavy atom. The van der Waals surface area contributed by atoms with Crippen LogP contribution >= 0.6 is 0 Å². The SMILES string of the molecule is CC(=O)OC[C@H]1O[C@@H](OC2=Cc3c(cc(O[Si](C)(C)C(C)(C)C)cc3O[Si](C)(C)C(C)(C)C)O[C@@H]2c2ccc(O[Si](C)(C)C(C)(C)C)c(O[Si](C)(C)C(C)(C)C)c2)C(OC(C)=O)C(OC(C)=O)[C@@H]1OC(C)=O. The minimum Gasteiger partial charge on any atom is -0.543 e. The minimum atomic E-state index is -2.56. The summed E-state index contributed by atoms with van der Waals surface area (Å²) in [4.78, 5) is 50.7. The van der Waals surface area contributed by atoms with Crippen molar-refractivity contribution in [2.24, 2.45) is 0 Å². The summed E-state index contributed by atoms with van der Waals surface area (Å²) < 4.78 is 71.7. The molecule has 2 unspecified atom stereocenters. The van der Waals surface area contributed by atoms with Crippen LogP contribution in [0.5, 0.6) is 28.7 Å². The van der Waals surface area contributed by atoms with Crippen LogP contribution in [0.15, 0.2) is 36.1 Å². The van der Waals surface area contributed by atoms with Gasteiger partial charge in [-0.25, -0.2) is 0 Å². The number of rotatable bonds is 16. The van der Waals surface area contributed by atoms with Crippen molar-refractivity contribution in [1.82, 2.24) is 0 Å². The molecule has 0 N–H and O–H groups in total. The van der Waals surface area contributed by atoms with Gasteiger partial charge in [0.15, 0.2) is 18.3 Å². The van der Waals surface area contributed by atoms with Crippen molar-refractivity contribution in [1.29, 1.82) is 0 Å². The lowest BCUT2D eigenvalue weighted by atomic mass is 9.97. The molecule has 1 fully saturated rings. The van der Waals surface area contributed by atoms with Crippen LogP contribution < -0.4 is 22.4 Å². The Morgan fingerprint density at radius 3 is 1.44 bits per heavy atom. The summed E-state index contributed by atoms with van der Waals surface area (Å²) in [6.07, 6.45) is -6.46. The zero-order valence-corrected chi connectivity index (χ0v) is 51.8. The van der Waals surface area contributed by atoms with Gasteiger partial charge in [0.25, 0.3) is 25.0 Å². The number of esters is 4. The lowest BCUT2D eigenvalue weighted by Crippen LogP contribution is -2.63.